The zero-order valence-electron chi connectivity index (χ0n) is 10.8. The fourth-order valence-corrected chi connectivity index (χ4v) is 1.85. The van der Waals surface area contributed by atoms with Gasteiger partial charge in [-0.05, 0) is 19.3 Å². The molecule has 0 saturated heterocycles. The fourth-order valence-electron chi connectivity index (χ4n) is 1.85. The first-order valence-corrected chi connectivity index (χ1v) is 5.68. The Bertz CT molecular complexity index is 259. The van der Waals surface area contributed by atoms with Crippen molar-refractivity contribution < 1.29 is 14.7 Å². The number of carboxylic acids is 1. The van der Waals surface area contributed by atoms with Gasteiger partial charge in [-0.3, -0.25) is 9.59 Å². The highest BCUT2D eigenvalue weighted by atomic mass is 16.4. The standard InChI is InChI=1S/C12H23NO3/c1-8(2)7-12(4,5)11(16)13-9(3)6-10(14)15/h8-9H,6-7H2,1-5H3,(H,13,16)(H,14,15). The highest BCUT2D eigenvalue weighted by molar-refractivity contribution is 5.82. The van der Waals surface area contributed by atoms with Gasteiger partial charge in [-0.1, -0.05) is 27.7 Å². The lowest BCUT2D eigenvalue weighted by Gasteiger charge is -2.27. The summed E-state index contributed by atoms with van der Waals surface area (Å²) in [4.78, 5) is 22.4. The van der Waals surface area contributed by atoms with Crippen LogP contribution in [-0.2, 0) is 9.59 Å². The molecule has 2 N–H and O–H groups in total. The van der Waals surface area contributed by atoms with Crippen molar-refractivity contribution in [2.24, 2.45) is 11.3 Å². The Balaban J connectivity index is 4.28. The van der Waals surface area contributed by atoms with Gasteiger partial charge in [0.05, 0.1) is 6.42 Å². The quantitative estimate of drug-likeness (QED) is 0.732. The highest BCUT2D eigenvalue weighted by Crippen LogP contribution is 2.25. The van der Waals surface area contributed by atoms with E-state index in [1.807, 2.05) is 13.8 Å². The second-order valence-electron chi connectivity index (χ2n) is 5.45. The molecule has 0 radical (unpaired) electrons. The minimum atomic E-state index is -0.894. The van der Waals surface area contributed by atoms with Gasteiger partial charge in [0, 0.05) is 11.5 Å². The molecular weight excluding hydrogens is 206 g/mol. The zero-order chi connectivity index (χ0) is 12.9. The SMILES string of the molecule is CC(C)CC(C)(C)C(=O)NC(C)CC(=O)O. The number of aliphatic carboxylic acids is 1. The summed E-state index contributed by atoms with van der Waals surface area (Å²) in [5.74, 6) is -0.528. The molecule has 1 atom stereocenters. The first-order chi connectivity index (χ1) is 7.15. The van der Waals surface area contributed by atoms with Crippen molar-refractivity contribution in [3.05, 3.63) is 0 Å². The molecule has 0 aromatic carbocycles. The van der Waals surface area contributed by atoms with E-state index >= 15 is 0 Å². The van der Waals surface area contributed by atoms with E-state index in [2.05, 4.69) is 19.2 Å². The first kappa shape index (κ1) is 14.9. The summed E-state index contributed by atoms with van der Waals surface area (Å²) in [5, 5.41) is 11.3. The van der Waals surface area contributed by atoms with Gasteiger partial charge in [0.1, 0.15) is 0 Å². The molecule has 0 fully saturated rings. The molecule has 4 heteroatoms. The summed E-state index contributed by atoms with van der Waals surface area (Å²) >= 11 is 0. The van der Waals surface area contributed by atoms with Gasteiger partial charge in [0.2, 0.25) is 5.91 Å². The predicted molar refractivity (Wildman–Crippen MR) is 63.1 cm³/mol. The number of hydrogen-bond acceptors (Lipinski definition) is 2. The van der Waals surface area contributed by atoms with Crippen LogP contribution in [0.3, 0.4) is 0 Å². The second kappa shape index (κ2) is 5.87. The molecule has 1 unspecified atom stereocenters. The van der Waals surface area contributed by atoms with Crippen LogP contribution in [-0.4, -0.2) is 23.0 Å². The summed E-state index contributed by atoms with van der Waals surface area (Å²) < 4.78 is 0. The summed E-state index contributed by atoms with van der Waals surface area (Å²) in [6.45, 7) is 9.61. The molecule has 0 heterocycles. The second-order valence-corrected chi connectivity index (χ2v) is 5.45. The van der Waals surface area contributed by atoms with Crippen molar-refractivity contribution in [3.63, 3.8) is 0 Å². The predicted octanol–water partition coefficient (Wildman–Crippen LogP) is 2.04. The lowest BCUT2D eigenvalue weighted by atomic mass is 9.83. The minimum Gasteiger partial charge on any atom is -0.481 e. The Morgan fingerprint density at radius 1 is 1.25 bits per heavy atom. The molecule has 0 aromatic rings. The number of carbonyl (C=O) groups is 2. The molecule has 0 bridgehead atoms. The summed E-state index contributed by atoms with van der Waals surface area (Å²) in [5.41, 5.74) is -0.444. The largest absolute Gasteiger partial charge is 0.481 e. The summed E-state index contributed by atoms with van der Waals surface area (Å²) in [6.07, 6.45) is 0.752. The number of amides is 1. The molecule has 0 spiro atoms. The van der Waals surface area contributed by atoms with E-state index in [-0.39, 0.29) is 18.4 Å². The van der Waals surface area contributed by atoms with Gasteiger partial charge in [-0.15, -0.1) is 0 Å². The van der Waals surface area contributed by atoms with Crippen LogP contribution in [0.1, 0.15) is 47.5 Å². The molecule has 4 nitrogen and oxygen atoms in total. The Hall–Kier alpha value is -1.06. The third-order valence-corrected chi connectivity index (χ3v) is 2.39. The number of carbonyl (C=O) groups excluding carboxylic acids is 1. The zero-order valence-corrected chi connectivity index (χ0v) is 10.8. The summed E-state index contributed by atoms with van der Waals surface area (Å²) in [7, 11) is 0. The van der Waals surface area contributed by atoms with E-state index in [1.54, 1.807) is 6.92 Å². The number of rotatable bonds is 6. The molecular formula is C12H23NO3. The van der Waals surface area contributed by atoms with Crippen molar-refractivity contribution >= 4 is 11.9 Å². The minimum absolute atomic E-state index is 0.0382. The van der Waals surface area contributed by atoms with Gasteiger partial charge in [0.15, 0.2) is 0 Å². The average Bonchev–Trinajstić information content (AvgIpc) is 1.98. The Labute approximate surface area is 97.4 Å². The van der Waals surface area contributed by atoms with Gasteiger partial charge in [-0.25, -0.2) is 0 Å². The molecule has 0 aliphatic heterocycles. The van der Waals surface area contributed by atoms with Gasteiger partial charge in [0.25, 0.3) is 0 Å². The van der Waals surface area contributed by atoms with E-state index in [1.165, 1.54) is 0 Å². The Morgan fingerprint density at radius 2 is 1.75 bits per heavy atom. The van der Waals surface area contributed by atoms with Crippen LogP contribution in [0.4, 0.5) is 0 Å². The van der Waals surface area contributed by atoms with Crippen molar-refractivity contribution in [2.75, 3.05) is 0 Å². The number of carboxylic acid groups (broad SMARTS) is 1. The van der Waals surface area contributed by atoms with E-state index in [0.717, 1.165) is 6.42 Å². The molecule has 16 heavy (non-hydrogen) atoms. The average molecular weight is 229 g/mol. The van der Waals surface area contributed by atoms with E-state index in [0.29, 0.717) is 5.92 Å². The van der Waals surface area contributed by atoms with Crippen LogP contribution >= 0.6 is 0 Å². The van der Waals surface area contributed by atoms with E-state index in [9.17, 15) is 9.59 Å². The first-order valence-electron chi connectivity index (χ1n) is 5.68. The summed E-state index contributed by atoms with van der Waals surface area (Å²) in [6, 6.07) is -0.323. The van der Waals surface area contributed by atoms with E-state index in [4.69, 9.17) is 5.11 Å². The molecule has 94 valence electrons. The van der Waals surface area contributed by atoms with Crippen molar-refractivity contribution in [1.29, 1.82) is 0 Å². The lowest BCUT2D eigenvalue weighted by molar-refractivity contribution is -0.138. The van der Waals surface area contributed by atoms with Crippen molar-refractivity contribution in [2.45, 2.75) is 53.5 Å². The molecule has 0 aliphatic rings. The van der Waals surface area contributed by atoms with Crippen LogP contribution in [0.5, 0.6) is 0 Å². The van der Waals surface area contributed by atoms with Crippen LogP contribution in [0.15, 0.2) is 0 Å². The topological polar surface area (TPSA) is 66.4 Å². The number of nitrogens with one attached hydrogen (secondary N) is 1. The molecule has 0 aliphatic carbocycles. The van der Waals surface area contributed by atoms with Crippen LogP contribution in [0.2, 0.25) is 0 Å². The Kier molecular flexibility index (Phi) is 5.48. The number of hydrogen-bond donors (Lipinski definition) is 2. The van der Waals surface area contributed by atoms with Gasteiger partial charge < -0.3 is 10.4 Å². The third kappa shape index (κ3) is 5.73. The Morgan fingerprint density at radius 3 is 2.12 bits per heavy atom. The third-order valence-electron chi connectivity index (χ3n) is 2.39. The van der Waals surface area contributed by atoms with Crippen LogP contribution in [0, 0.1) is 11.3 Å². The van der Waals surface area contributed by atoms with Crippen LogP contribution in [0.25, 0.3) is 0 Å². The maximum atomic E-state index is 11.9. The van der Waals surface area contributed by atoms with Gasteiger partial charge in [-0.2, -0.15) is 0 Å². The molecule has 0 rings (SSSR count). The lowest BCUT2D eigenvalue weighted by Crippen LogP contribution is -2.43. The van der Waals surface area contributed by atoms with Crippen molar-refractivity contribution in [1.82, 2.24) is 5.32 Å². The molecule has 0 saturated carbocycles. The fraction of sp³-hybridized carbons (Fsp3) is 0.833. The highest BCUT2D eigenvalue weighted by Gasteiger charge is 2.29. The maximum Gasteiger partial charge on any atom is 0.305 e. The normalized spacial score (nSPS) is 13.6. The maximum absolute atomic E-state index is 11.9. The van der Waals surface area contributed by atoms with Crippen LogP contribution < -0.4 is 5.32 Å². The van der Waals surface area contributed by atoms with E-state index < -0.39 is 11.4 Å². The monoisotopic (exact) mass is 229 g/mol. The molecule has 1 amide bonds. The van der Waals surface area contributed by atoms with Crippen molar-refractivity contribution in [3.8, 4) is 0 Å². The van der Waals surface area contributed by atoms with Gasteiger partial charge >= 0.3 is 5.97 Å². The molecule has 0 aromatic heterocycles. The smallest absolute Gasteiger partial charge is 0.305 e.